The minimum Gasteiger partial charge on any atom is -0.462 e. The van der Waals surface area contributed by atoms with Gasteiger partial charge in [-0.15, -0.1) is 0 Å². The van der Waals surface area contributed by atoms with Gasteiger partial charge in [0.2, 0.25) is 0 Å². The number of hydrogen-bond acceptors (Lipinski definition) is 6. The van der Waals surface area contributed by atoms with Crippen molar-refractivity contribution in [3.8, 4) is 0 Å². The third-order valence-electron chi connectivity index (χ3n) is 14.0. The summed E-state index contributed by atoms with van der Waals surface area (Å²) >= 11 is 0. The number of ether oxygens (including phenoxy) is 3. The van der Waals surface area contributed by atoms with Crippen LogP contribution in [0.4, 0.5) is 0 Å². The first-order valence-corrected chi connectivity index (χ1v) is 33.0. The van der Waals surface area contributed by atoms with Gasteiger partial charge in [0.05, 0.1) is 0 Å². The number of esters is 3. The van der Waals surface area contributed by atoms with Crippen LogP contribution in [0, 0.1) is 0 Å². The molecule has 0 radical (unpaired) electrons. The predicted molar refractivity (Wildman–Crippen MR) is 343 cm³/mol. The average Bonchev–Trinajstić information content (AvgIpc) is 3.45. The van der Waals surface area contributed by atoms with Crippen LogP contribution in [0.5, 0.6) is 0 Å². The topological polar surface area (TPSA) is 78.9 Å². The molecule has 79 heavy (non-hydrogen) atoms. The summed E-state index contributed by atoms with van der Waals surface area (Å²) < 4.78 is 16.8. The van der Waals surface area contributed by atoms with Gasteiger partial charge in [-0.25, -0.2) is 0 Å². The molecule has 0 aliphatic heterocycles. The largest absolute Gasteiger partial charge is 0.462 e. The first-order valence-electron chi connectivity index (χ1n) is 33.0. The summed E-state index contributed by atoms with van der Waals surface area (Å²) in [5, 5.41) is 0. The van der Waals surface area contributed by atoms with E-state index in [1.165, 1.54) is 141 Å². The average molecular weight is 1100 g/mol. The van der Waals surface area contributed by atoms with Gasteiger partial charge in [0.15, 0.2) is 6.10 Å². The molecule has 1 unspecified atom stereocenters. The summed E-state index contributed by atoms with van der Waals surface area (Å²) in [7, 11) is 0. The van der Waals surface area contributed by atoms with Crippen LogP contribution in [0.1, 0.15) is 303 Å². The van der Waals surface area contributed by atoms with Crippen molar-refractivity contribution in [1.29, 1.82) is 0 Å². The minimum absolute atomic E-state index is 0.0941. The van der Waals surface area contributed by atoms with E-state index in [1.54, 1.807) is 0 Å². The van der Waals surface area contributed by atoms with Gasteiger partial charge in [-0.05, 0) is 109 Å². The van der Waals surface area contributed by atoms with Gasteiger partial charge in [-0.1, -0.05) is 296 Å². The highest BCUT2D eigenvalue weighted by Gasteiger charge is 2.19. The fraction of sp³-hybridized carbons (Fsp3) is 0.685. The summed E-state index contributed by atoms with van der Waals surface area (Å²) in [6.45, 7) is 6.35. The molecule has 0 fully saturated rings. The van der Waals surface area contributed by atoms with Crippen LogP contribution in [0.2, 0.25) is 0 Å². The molecule has 0 aliphatic carbocycles. The van der Waals surface area contributed by atoms with E-state index < -0.39 is 6.10 Å². The molecule has 0 aromatic heterocycles. The van der Waals surface area contributed by atoms with Gasteiger partial charge in [0.1, 0.15) is 13.2 Å². The smallest absolute Gasteiger partial charge is 0.306 e. The van der Waals surface area contributed by atoms with Crippen LogP contribution in [-0.4, -0.2) is 37.2 Å². The molecule has 6 nitrogen and oxygen atoms in total. The molecule has 0 saturated heterocycles. The molecule has 0 N–H and O–H groups in total. The Morgan fingerprint density at radius 2 is 0.494 bits per heavy atom. The summed E-state index contributed by atoms with van der Waals surface area (Å²) in [5.74, 6) is -0.938. The Hall–Kier alpha value is -4.19. The second-order valence-corrected chi connectivity index (χ2v) is 21.6. The van der Waals surface area contributed by atoms with Gasteiger partial charge in [-0.2, -0.15) is 0 Å². The highest BCUT2D eigenvalue weighted by atomic mass is 16.6. The zero-order valence-electron chi connectivity index (χ0n) is 51.6. The first kappa shape index (κ1) is 74.8. The summed E-state index contributed by atoms with van der Waals surface area (Å²) in [6.07, 6.45) is 92.5. The van der Waals surface area contributed by atoms with E-state index in [9.17, 15) is 14.4 Å². The molecule has 0 spiro atoms. The maximum atomic E-state index is 12.8. The number of unbranched alkanes of at least 4 members (excludes halogenated alkanes) is 28. The van der Waals surface area contributed by atoms with Gasteiger partial charge < -0.3 is 14.2 Å². The third kappa shape index (κ3) is 64.5. The molecule has 0 bridgehead atoms. The van der Waals surface area contributed by atoms with Crippen LogP contribution >= 0.6 is 0 Å². The highest BCUT2D eigenvalue weighted by Crippen LogP contribution is 2.17. The lowest BCUT2D eigenvalue weighted by molar-refractivity contribution is -0.167. The van der Waals surface area contributed by atoms with E-state index in [0.717, 1.165) is 116 Å². The Labute approximate surface area is 488 Å². The maximum Gasteiger partial charge on any atom is 0.306 e. The fourth-order valence-electron chi connectivity index (χ4n) is 9.09. The Kier molecular flexibility index (Phi) is 62.8. The molecule has 0 aliphatic rings. The highest BCUT2D eigenvalue weighted by molar-refractivity contribution is 5.71. The molecule has 0 rings (SSSR count). The van der Waals surface area contributed by atoms with Gasteiger partial charge >= 0.3 is 17.9 Å². The Morgan fingerprint density at radius 3 is 0.797 bits per heavy atom. The lowest BCUT2D eigenvalue weighted by Gasteiger charge is -2.18. The molecule has 0 amide bonds. The lowest BCUT2D eigenvalue weighted by atomic mass is 10.0. The van der Waals surface area contributed by atoms with Gasteiger partial charge in [0.25, 0.3) is 0 Å². The first-order chi connectivity index (χ1) is 39.0. The van der Waals surface area contributed by atoms with Crippen LogP contribution in [0.3, 0.4) is 0 Å². The van der Waals surface area contributed by atoms with Crippen molar-refractivity contribution in [2.24, 2.45) is 0 Å². The number of rotatable bonds is 59. The Bertz CT molecular complexity index is 1640. The zero-order valence-corrected chi connectivity index (χ0v) is 51.6. The molecule has 0 aromatic rings. The molecule has 0 aromatic carbocycles. The van der Waals surface area contributed by atoms with E-state index in [2.05, 4.69) is 142 Å². The quantitative estimate of drug-likeness (QED) is 0.0261. The number of allylic oxidation sites excluding steroid dienone is 20. The Balaban J connectivity index is 4.10. The van der Waals surface area contributed by atoms with Crippen molar-refractivity contribution >= 4 is 17.9 Å². The number of carbonyl (C=O) groups is 3. The molecule has 6 heteroatoms. The molecule has 0 heterocycles. The van der Waals surface area contributed by atoms with Crippen LogP contribution in [0.15, 0.2) is 122 Å². The standard InChI is InChI=1S/C73H122O6/c1-4-7-10-13-16-18-20-22-24-26-28-30-31-32-33-34-35-36-37-38-39-40-41-43-44-46-48-50-52-54-57-60-63-66-72(75)78-69-70(68-77-71(74)65-62-59-56-15-12-9-6-3)79-73(76)67-64-61-58-55-53-51-49-47-45-42-29-27-25-23-21-19-17-14-11-8-5-2/h7-8,10-11,16-19,22-25,28-30,42,47,49,53,55,70H,4-6,9,12-15,20-21,26-27,31-41,43-46,48,50-52,54,56-69H2,1-3H3/b10-7-,11-8-,18-16-,19-17-,24-22-,25-23-,30-28-,42-29-,49-47-,55-53-. The molecule has 450 valence electrons. The summed E-state index contributed by atoms with van der Waals surface area (Å²) in [4.78, 5) is 38.1. The predicted octanol–water partition coefficient (Wildman–Crippen LogP) is 22.8. The number of carbonyl (C=O) groups excluding carboxylic acids is 3. The Morgan fingerprint density at radius 1 is 0.266 bits per heavy atom. The van der Waals surface area contributed by atoms with Crippen molar-refractivity contribution in [2.45, 2.75) is 309 Å². The fourth-order valence-corrected chi connectivity index (χ4v) is 9.09. The van der Waals surface area contributed by atoms with E-state index in [0.29, 0.717) is 19.3 Å². The summed E-state index contributed by atoms with van der Waals surface area (Å²) in [5.41, 5.74) is 0. The number of hydrogen-bond donors (Lipinski definition) is 0. The van der Waals surface area contributed by atoms with Crippen LogP contribution in [0.25, 0.3) is 0 Å². The second-order valence-electron chi connectivity index (χ2n) is 21.6. The van der Waals surface area contributed by atoms with E-state index in [4.69, 9.17) is 14.2 Å². The van der Waals surface area contributed by atoms with E-state index in [-0.39, 0.29) is 37.5 Å². The van der Waals surface area contributed by atoms with Crippen molar-refractivity contribution in [3.63, 3.8) is 0 Å². The monoisotopic (exact) mass is 1090 g/mol. The summed E-state index contributed by atoms with van der Waals surface area (Å²) in [6, 6.07) is 0. The van der Waals surface area contributed by atoms with Crippen LogP contribution < -0.4 is 0 Å². The third-order valence-corrected chi connectivity index (χ3v) is 14.0. The normalized spacial score (nSPS) is 12.9. The molecular formula is C73H122O6. The van der Waals surface area contributed by atoms with Crippen molar-refractivity contribution in [1.82, 2.24) is 0 Å². The van der Waals surface area contributed by atoms with Crippen molar-refractivity contribution in [2.75, 3.05) is 13.2 Å². The van der Waals surface area contributed by atoms with Crippen molar-refractivity contribution in [3.05, 3.63) is 122 Å². The van der Waals surface area contributed by atoms with Gasteiger partial charge in [0, 0.05) is 19.3 Å². The lowest BCUT2D eigenvalue weighted by Crippen LogP contribution is -2.30. The molecular weight excluding hydrogens is 973 g/mol. The van der Waals surface area contributed by atoms with E-state index in [1.807, 2.05) is 0 Å². The second kappa shape index (κ2) is 66.3. The maximum absolute atomic E-state index is 12.8. The minimum atomic E-state index is -0.799. The van der Waals surface area contributed by atoms with Crippen molar-refractivity contribution < 1.29 is 28.6 Å². The molecule has 1 atom stereocenters. The van der Waals surface area contributed by atoms with Crippen LogP contribution in [-0.2, 0) is 28.6 Å². The zero-order chi connectivity index (χ0) is 57.1. The molecule has 0 saturated carbocycles. The SMILES string of the molecule is CC/C=C\C/C=C\C/C=C\C/C=C\C/C=C\C/C=C\CCCCC(=O)OC(COC(=O)CCCCCCCCC)COC(=O)CCCCCCCCCCCCCCCCCCCCCC/C=C\C/C=C\C/C=C\C/C=C\CC. The van der Waals surface area contributed by atoms with E-state index >= 15 is 0 Å². The van der Waals surface area contributed by atoms with Gasteiger partial charge in [-0.3, -0.25) is 14.4 Å².